The summed E-state index contributed by atoms with van der Waals surface area (Å²) >= 11 is 17.8. The molecule has 0 saturated carbocycles. The topological polar surface area (TPSA) is 39.0 Å². The van der Waals surface area contributed by atoms with E-state index in [0.717, 1.165) is 11.3 Å². The van der Waals surface area contributed by atoms with Crippen molar-refractivity contribution in [2.45, 2.75) is 26.2 Å². The molecule has 3 aromatic rings. The summed E-state index contributed by atoms with van der Waals surface area (Å²) in [5, 5.41) is 17.3. The van der Waals surface area contributed by atoms with E-state index in [4.69, 9.17) is 35.4 Å². The number of anilines is 1. The molecule has 0 atom stereocenters. The number of rotatable bonds is 4. The van der Waals surface area contributed by atoms with Gasteiger partial charge in [-0.25, -0.2) is 0 Å². The summed E-state index contributed by atoms with van der Waals surface area (Å²) in [4.78, 5) is 0.311. The molecule has 1 heterocycles. The third kappa shape index (κ3) is 5.20. The first-order valence-corrected chi connectivity index (χ1v) is 10.6. The molecule has 154 valence electrons. The molecule has 0 aliphatic carbocycles. The molecule has 0 bridgehead atoms. The Balaban J connectivity index is 2.10. The largest absolute Gasteiger partial charge is 0.867 e. The van der Waals surface area contributed by atoms with Crippen molar-refractivity contribution in [3.63, 3.8) is 0 Å². The zero-order chi connectivity index (χ0) is 21.9. The predicted octanol–water partition coefficient (Wildman–Crippen LogP) is 5.70. The quantitative estimate of drug-likeness (QED) is 0.236. The van der Waals surface area contributed by atoms with Crippen molar-refractivity contribution in [3.05, 3.63) is 94.2 Å². The maximum absolute atomic E-state index is 13.4. The van der Waals surface area contributed by atoms with Crippen molar-refractivity contribution in [2.24, 2.45) is 0 Å². The lowest BCUT2D eigenvalue weighted by Crippen LogP contribution is -2.40. The molecule has 2 aromatic carbocycles. The standard InChI is InChI=1S/C24H22Cl2N2OS/c1-24(2,3)17-11-13-28(14-12-17)21(23(30)27-18-7-5-4-6-8-18)22(29)16-9-10-19(25)20(26)15-16/h4-15H,1-3H3,(H-,27,29,30). The number of aromatic nitrogens is 1. The van der Waals surface area contributed by atoms with Gasteiger partial charge in [-0.05, 0) is 46.6 Å². The Morgan fingerprint density at radius 1 is 0.933 bits per heavy atom. The number of nitrogens with zero attached hydrogens (tertiary/aromatic N) is 1. The molecule has 6 heteroatoms. The van der Waals surface area contributed by atoms with Crippen LogP contribution in [0.25, 0.3) is 11.5 Å². The minimum Gasteiger partial charge on any atom is -0.867 e. The van der Waals surface area contributed by atoms with Gasteiger partial charge in [-0.2, -0.15) is 4.57 Å². The van der Waals surface area contributed by atoms with Crippen LogP contribution < -0.4 is 15.0 Å². The summed E-state index contributed by atoms with van der Waals surface area (Å²) in [5.74, 6) is -0.254. The van der Waals surface area contributed by atoms with Gasteiger partial charge in [-0.3, -0.25) is 0 Å². The van der Waals surface area contributed by atoms with Crippen LogP contribution in [0.2, 0.25) is 10.0 Å². The summed E-state index contributed by atoms with van der Waals surface area (Å²) in [6.07, 6.45) is 3.70. The molecular weight excluding hydrogens is 435 g/mol. The van der Waals surface area contributed by atoms with Crippen LogP contribution in [0.15, 0.2) is 73.1 Å². The lowest BCUT2D eigenvalue weighted by Gasteiger charge is -2.20. The van der Waals surface area contributed by atoms with Gasteiger partial charge >= 0.3 is 0 Å². The molecule has 0 radical (unpaired) electrons. The van der Waals surface area contributed by atoms with Crippen molar-refractivity contribution in [3.8, 4) is 0 Å². The smallest absolute Gasteiger partial charge is 0.238 e. The van der Waals surface area contributed by atoms with Crippen LogP contribution in [0, 0.1) is 0 Å². The molecule has 0 amide bonds. The van der Waals surface area contributed by atoms with Gasteiger partial charge in [0.1, 0.15) is 0 Å². The van der Waals surface area contributed by atoms with Gasteiger partial charge in [-0.15, -0.1) is 0 Å². The molecule has 3 rings (SSSR count). The summed E-state index contributed by atoms with van der Waals surface area (Å²) < 4.78 is 1.73. The van der Waals surface area contributed by atoms with Crippen molar-refractivity contribution >= 4 is 57.6 Å². The Kier molecular flexibility index (Phi) is 6.81. The molecule has 1 N–H and O–H groups in total. The van der Waals surface area contributed by atoms with Crippen LogP contribution in [0.3, 0.4) is 0 Å². The van der Waals surface area contributed by atoms with Gasteiger partial charge in [0.15, 0.2) is 17.4 Å². The summed E-state index contributed by atoms with van der Waals surface area (Å²) in [7, 11) is 0. The summed E-state index contributed by atoms with van der Waals surface area (Å²) in [5.41, 5.74) is 2.68. The molecule has 0 aliphatic rings. The van der Waals surface area contributed by atoms with Crippen molar-refractivity contribution in [1.29, 1.82) is 0 Å². The van der Waals surface area contributed by atoms with E-state index in [1.165, 1.54) is 0 Å². The van der Waals surface area contributed by atoms with Crippen LogP contribution >= 0.6 is 35.4 Å². The zero-order valence-corrected chi connectivity index (χ0v) is 19.3. The summed E-state index contributed by atoms with van der Waals surface area (Å²) in [6.45, 7) is 6.42. The minimum absolute atomic E-state index is 0.00420. The van der Waals surface area contributed by atoms with E-state index >= 15 is 0 Å². The molecule has 0 fully saturated rings. The lowest BCUT2D eigenvalue weighted by molar-refractivity contribution is -0.577. The highest BCUT2D eigenvalue weighted by atomic mass is 35.5. The van der Waals surface area contributed by atoms with Crippen LogP contribution in [0.5, 0.6) is 0 Å². The van der Waals surface area contributed by atoms with Crippen molar-refractivity contribution in [1.82, 2.24) is 0 Å². The molecule has 0 spiro atoms. The highest BCUT2D eigenvalue weighted by molar-refractivity contribution is 7.81. The van der Waals surface area contributed by atoms with Crippen molar-refractivity contribution < 1.29 is 9.67 Å². The first kappa shape index (κ1) is 22.3. The maximum Gasteiger partial charge on any atom is 0.238 e. The first-order valence-electron chi connectivity index (χ1n) is 9.42. The molecular formula is C24H22Cl2N2OS. The van der Waals surface area contributed by atoms with Crippen LogP contribution in [0.4, 0.5) is 5.69 Å². The third-order valence-corrected chi connectivity index (χ3v) is 5.63. The number of hydrogen-bond acceptors (Lipinski definition) is 2. The second-order valence-electron chi connectivity index (χ2n) is 7.87. The van der Waals surface area contributed by atoms with Gasteiger partial charge in [-0.1, -0.05) is 80.5 Å². The number of hydrogen-bond donors (Lipinski definition) is 1. The van der Waals surface area contributed by atoms with Crippen LogP contribution in [-0.4, -0.2) is 4.99 Å². The number of para-hydroxylation sites is 1. The van der Waals surface area contributed by atoms with E-state index in [0.29, 0.717) is 26.3 Å². The number of halogens is 2. The molecule has 1 aromatic heterocycles. The maximum atomic E-state index is 13.4. The molecule has 3 nitrogen and oxygen atoms in total. The number of nitrogens with one attached hydrogen (secondary N) is 1. The van der Waals surface area contributed by atoms with Gasteiger partial charge in [0.25, 0.3) is 0 Å². The third-order valence-electron chi connectivity index (χ3n) is 4.60. The Morgan fingerprint density at radius 2 is 1.57 bits per heavy atom. The second kappa shape index (κ2) is 9.17. The van der Waals surface area contributed by atoms with Gasteiger partial charge in [0, 0.05) is 17.8 Å². The van der Waals surface area contributed by atoms with E-state index < -0.39 is 0 Å². The molecule has 0 unspecified atom stereocenters. The summed E-state index contributed by atoms with van der Waals surface area (Å²) in [6, 6.07) is 18.3. The molecule has 30 heavy (non-hydrogen) atoms. The van der Waals surface area contributed by atoms with E-state index in [9.17, 15) is 5.11 Å². The number of benzene rings is 2. The SMILES string of the molecule is CC(C)(C)c1cc[n+](C(C(=S)Nc2ccccc2)=C([O-])c2ccc(Cl)c(Cl)c2)cc1. The highest BCUT2D eigenvalue weighted by Gasteiger charge is 2.21. The fourth-order valence-electron chi connectivity index (χ4n) is 2.90. The van der Waals surface area contributed by atoms with E-state index in [1.807, 2.05) is 54.9 Å². The number of pyridine rings is 1. The average Bonchev–Trinajstić information content (AvgIpc) is 2.70. The van der Waals surface area contributed by atoms with E-state index in [2.05, 4.69) is 26.1 Å². The number of thiocarbonyl (C=S) groups is 1. The highest BCUT2D eigenvalue weighted by Crippen LogP contribution is 2.26. The van der Waals surface area contributed by atoms with Gasteiger partial charge in [0.2, 0.25) is 5.70 Å². The van der Waals surface area contributed by atoms with E-state index in [1.54, 1.807) is 22.8 Å². The Labute approximate surface area is 192 Å². The van der Waals surface area contributed by atoms with E-state index in [-0.39, 0.29) is 11.2 Å². The fourth-order valence-corrected chi connectivity index (χ4v) is 3.51. The lowest BCUT2D eigenvalue weighted by atomic mass is 9.88. The van der Waals surface area contributed by atoms with Gasteiger partial charge < -0.3 is 10.4 Å². The fraction of sp³-hybridized carbons (Fsp3) is 0.167. The second-order valence-corrected chi connectivity index (χ2v) is 9.09. The Hall–Kier alpha value is -2.40. The molecule has 0 saturated heterocycles. The minimum atomic E-state index is -0.254. The van der Waals surface area contributed by atoms with Crippen LogP contribution in [-0.2, 0) is 5.41 Å². The normalized spacial score (nSPS) is 12.3. The Morgan fingerprint density at radius 3 is 2.13 bits per heavy atom. The first-order chi connectivity index (χ1) is 14.2. The zero-order valence-electron chi connectivity index (χ0n) is 16.9. The van der Waals surface area contributed by atoms with Gasteiger partial charge in [0.05, 0.1) is 10.0 Å². The predicted molar refractivity (Wildman–Crippen MR) is 128 cm³/mol. The van der Waals surface area contributed by atoms with Crippen molar-refractivity contribution in [2.75, 3.05) is 5.32 Å². The monoisotopic (exact) mass is 456 g/mol. The molecule has 0 aliphatic heterocycles. The van der Waals surface area contributed by atoms with Crippen LogP contribution in [0.1, 0.15) is 31.9 Å². The average molecular weight is 457 g/mol. The Bertz CT molecular complexity index is 1090.